The van der Waals surface area contributed by atoms with Crippen LogP contribution in [0.1, 0.15) is 90.4 Å². The molecule has 0 spiro atoms. The van der Waals surface area contributed by atoms with Crippen LogP contribution in [0.25, 0.3) is 22.3 Å². The second-order valence-electron chi connectivity index (χ2n) is 20.8. The van der Waals surface area contributed by atoms with E-state index in [0.29, 0.717) is 45.9 Å². The molecule has 1 aliphatic carbocycles. The minimum Gasteiger partial charge on any atom is -0.458 e. The molecule has 82 heavy (non-hydrogen) atoms. The van der Waals surface area contributed by atoms with Crippen molar-refractivity contribution in [1.82, 2.24) is 35.7 Å². The third-order valence-electron chi connectivity index (χ3n) is 15.5. The monoisotopic (exact) mass is 1160 g/mol. The molecule has 2 aromatic carbocycles. The van der Waals surface area contributed by atoms with E-state index in [2.05, 4.69) is 21.3 Å². The summed E-state index contributed by atoms with van der Waals surface area (Å²) in [6.07, 6.45) is -8.27. The lowest BCUT2D eigenvalue weighted by Gasteiger charge is -2.41. The standard InChI is InChI=1S/C55H66ClN9O17/c1-3-55(79)31-16-37-48-29(19-65(37)53(77)30(31)23-81-54(55)78)47-34(11-9-28-26(2)32(56)17-36(63-48)46(28)47)61-44(71)24-80-25-60-41(68)13-12-38(67)35(15-27-7-5-4-6-8-27)62-42(69)18-59-43(70)21-64(45(72)14-10-33(57)52(58)76)20-39-49(73)51(75)50(74)40(22-66)82-39/h4-8,16-17,33-35,39-40,49-51,66,73-75,79H,3,9-15,18-25,57H2,1-2H3,(H2,58,76)(H,59,70)(H,60,68)(H,61,71)(H,62,69)/t33-,34-,35-,39-,40+,49-,50+,51+,55-/m0/s1. The summed E-state index contributed by atoms with van der Waals surface area (Å²) in [4.78, 5) is 124. The van der Waals surface area contributed by atoms with Gasteiger partial charge in [0.2, 0.25) is 35.4 Å². The van der Waals surface area contributed by atoms with Crippen LogP contribution in [0.3, 0.4) is 0 Å². The summed E-state index contributed by atoms with van der Waals surface area (Å²) in [6, 6.07) is 9.04. The lowest BCUT2D eigenvalue weighted by atomic mass is 9.81. The van der Waals surface area contributed by atoms with Crippen LogP contribution in [0.5, 0.6) is 0 Å². The van der Waals surface area contributed by atoms with Gasteiger partial charge in [0.05, 0.1) is 73.4 Å². The normalized spacial score (nSPS) is 22.1. The third kappa shape index (κ3) is 13.0. The van der Waals surface area contributed by atoms with Crippen LogP contribution in [-0.2, 0) is 84.2 Å². The number of aliphatic hydroxyl groups excluding tert-OH is 4. The Balaban J connectivity index is 0.852. The van der Waals surface area contributed by atoms with E-state index in [9.17, 15) is 68.7 Å². The smallest absolute Gasteiger partial charge is 0.343 e. The first kappa shape index (κ1) is 60.8. The van der Waals surface area contributed by atoms with Crippen molar-refractivity contribution in [3.8, 4) is 11.4 Å². The molecule has 13 N–H and O–H groups in total. The van der Waals surface area contributed by atoms with Crippen molar-refractivity contribution in [2.75, 3.05) is 39.6 Å². The highest BCUT2D eigenvalue weighted by molar-refractivity contribution is 6.32. The molecular formula is C55H66ClN9O17. The van der Waals surface area contributed by atoms with Gasteiger partial charge in [0, 0.05) is 40.8 Å². The van der Waals surface area contributed by atoms with Gasteiger partial charge in [0.15, 0.2) is 11.4 Å². The summed E-state index contributed by atoms with van der Waals surface area (Å²) in [5.41, 5.74) is 14.0. The summed E-state index contributed by atoms with van der Waals surface area (Å²) in [6.45, 7) is -0.290. The molecule has 0 unspecified atom stereocenters. The minimum absolute atomic E-state index is 0.00990. The zero-order valence-electron chi connectivity index (χ0n) is 45.0. The Morgan fingerprint density at radius 2 is 1.67 bits per heavy atom. The SMILES string of the molecule is CC[C@@]1(O)C(=O)OCc2c1cc1n(c2=O)Cc2c-1nc1cc(Cl)c(C)c3c1c2[C@@H](NC(=O)COCNC(=O)CCC(=O)[C@H](Cc1ccccc1)NC(=O)CNC(=O)CN(C[C@@H]1O[C@H](CO)[C@@H](O)[C@H](O)[C@H]1O)C(=O)CC[C@H](N)C(N)=O)CC3. The van der Waals surface area contributed by atoms with E-state index in [1.54, 1.807) is 49.4 Å². The zero-order valence-corrected chi connectivity index (χ0v) is 45.7. The Labute approximate surface area is 473 Å². The van der Waals surface area contributed by atoms with Gasteiger partial charge >= 0.3 is 5.97 Å². The Morgan fingerprint density at radius 1 is 0.939 bits per heavy atom. The molecular weight excluding hydrogens is 1090 g/mol. The van der Waals surface area contributed by atoms with Crippen molar-refractivity contribution in [3.05, 3.63) is 96.8 Å². The van der Waals surface area contributed by atoms with Crippen molar-refractivity contribution >= 4 is 69.7 Å². The van der Waals surface area contributed by atoms with Gasteiger partial charge in [-0.25, -0.2) is 9.78 Å². The minimum atomic E-state index is -2.03. The first-order valence-electron chi connectivity index (χ1n) is 26.8. The second kappa shape index (κ2) is 25.9. The number of Topliss-reactive ketones (excluding diaryl/α,β-unsaturated/α-hetero) is 1. The first-order valence-corrected chi connectivity index (χ1v) is 27.1. The molecule has 8 rings (SSSR count). The number of hydrogen-bond acceptors (Lipinski definition) is 19. The highest BCUT2D eigenvalue weighted by atomic mass is 35.5. The van der Waals surface area contributed by atoms with Crippen molar-refractivity contribution in [1.29, 1.82) is 0 Å². The average molecular weight is 1160 g/mol. The second-order valence-corrected chi connectivity index (χ2v) is 21.2. The van der Waals surface area contributed by atoms with E-state index in [-0.39, 0.29) is 56.4 Å². The number of benzene rings is 2. The number of nitrogens with two attached hydrogens (primary N) is 2. The van der Waals surface area contributed by atoms with Gasteiger partial charge in [-0.05, 0) is 73.4 Å². The Bertz CT molecular complexity index is 3230. The van der Waals surface area contributed by atoms with Gasteiger partial charge in [0.25, 0.3) is 5.56 Å². The summed E-state index contributed by atoms with van der Waals surface area (Å²) in [7, 11) is 0. The van der Waals surface area contributed by atoms with Crippen molar-refractivity contribution in [2.24, 2.45) is 11.5 Å². The fraction of sp³-hybridized carbons (Fsp3) is 0.491. The maximum Gasteiger partial charge on any atom is 0.343 e. The number of esters is 1. The molecule has 440 valence electrons. The predicted molar refractivity (Wildman–Crippen MR) is 289 cm³/mol. The number of ether oxygens (including phenoxy) is 3. The molecule has 27 heteroatoms. The highest BCUT2D eigenvalue weighted by Gasteiger charge is 2.47. The van der Waals surface area contributed by atoms with Crippen molar-refractivity contribution in [2.45, 2.75) is 133 Å². The van der Waals surface area contributed by atoms with Gasteiger partial charge in [-0.2, -0.15) is 0 Å². The maximum atomic E-state index is 14.0. The molecule has 4 aromatic rings. The van der Waals surface area contributed by atoms with Gasteiger partial charge in [0.1, 0.15) is 50.5 Å². The third-order valence-corrected chi connectivity index (χ3v) is 15.9. The van der Waals surface area contributed by atoms with Crippen LogP contribution in [0.15, 0.2) is 47.3 Å². The number of aromatic nitrogens is 2. The topological polar surface area (TPSA) is 404 Å². The van der Waals surface area contributed by atoms with Crippen LogP contribution in [0, 0.1) is 6.92 Å². The maximum absolute atomic E-state index is 14.0. The number of carbonyl (C=O) groups is 8. The molecule has 6 amide bonds. The number of hydrogen-bond donors (Lipinski definition) is 11. The number of ketones is 1. The van der Waals surface area contributed by atoms with Crippen molar-refractivity contribution < 1.29 is 78.1 Å². The number of aliphatic hydroxyl groups is 5. The van der Waals surface area contributed by atoms with E-state index in [0.717, 1.165) is 27.0 Å². The Kier molecular flexibility index (Phi) is 19.2. The predicted octanol–water partition coefficient (Wildman–Crippen LogP) is -2.31. The van der Waals surface area contributed by atoms with E-state index in [1.807, 2.05) is 6.92 Å². The quantitative estimate of drug-likeness (QED) is 0.0176. The number of cyclic esters (lactones) is 1. The summed E-state index contributed by atoms with van der Waals surface area (Å²) >= 11 is 6.71. The fourth-order valence-electron chi connectivity index (χ4n) is 10.8. The molecule has 0 radical (unpaired) electrons. The van der Waals surface area contributed by atoms with Crippen LogP contribution in [0.4, 0.5) is 0 Å². The lowest BCUT2D eigenvalue weighted by Crippen LogP contribution is -2.61. The van der Waals surface area contributed by atoms with Gasteiger partial charge in [-0.3, -0.25) is 38.4 Å². The number of primary amides is 1. The highest BCUT2D eigenvalue weighted by Crippen LogP contribution is 2.46. The zero-order chi connectivity index (χ0) is 59.3. The van der Waals surface area contributed by atoms with Gasteiger partial charge < -0.3 is 81.9 Å². The molecule has 26 nitrogen and oxygen atoms in total. The number of fused-ring (bicyclic) bond motifs is 5. The van der Waals surface area contributed by atoms with Gasteiger partial charge in [-0.15, -0.1) is 0 Å². The van der Waals surface area contributed by atoms with Crippen LogP contribution < -0.4 is 38.3 Å². The van der Waals surface area contributed by atoms with Gasteiger partial charge in [-0.1, -0.05) is 48.9 Å². The molecule has 0 saturated carbocycles. The van der Waals surface area contributed by atoms with E-state index in [1.165, 1.54) is 4.57 Å². The molecule has 4 aliphatic rings. The Hall–Kier alpha value is -7.27. The number of carbonyl (C=O) groups excluding carboxylic acids is 8. The molecule has 5 heterocycles. The summed E-state index contributed by atoms with van der Waals surface area (Å²) in [5, 5.41) is 64.0. The van der Waals surface area contributed by atoms with Crippen LogP contribution >= 0.6 is 11.6 Å². The average Bonchev–Trinajstić information content (AvgIpc) is 4.07. The number of halogens is 1. The number of nitrogens with zero attached hydrogens (tertiary/aromatic N) is 3. The molecule has 2 aromatic heterocycles. The molecule has 1 fully saturated rings. The first-order chi connectivity index (χ1) is 39.0. The molecule has 0 bridgehead atoms. The van der Waals surface area contributed by atoms with Crippen LogP contribution in [0.2, 0.25) is 5.02 Å². The van der Waals surface area contributed by atoms with E-state index < -0.39 is 153 Å². The van der Waals surface area contributed by atoms with Crippen molar-refractivity contribution in [3.63, 3.8) is 0 Å². The number of amides is 6. The molecule has 1 saturated heterocycles. The number of nitrogens with one attached hydrogen (secondary N) is 4. The van der Waals surface area contributed by atoms with Crippen LogP contribution in [-0.4, -0.2) is 169 Å². The largest absolute Gasteiger partial charge is 0.458 e. The number of rotatable bonds is 24. The number of aryl methyl sites for hydroxylation is 1. The fourth-order valence-corrected chi connectivity index (χ4v) is 11.1. The van der Waals surface area contributed by atoms with E-state index >= 15 is 0 Å². The summed E-state index contributed by atoms with van der Waals surface area (Å²) in [5.74, 6) is -5.86. The lowest BCUT2D eigenvalue weighted by molar-refractivity contribution is -0.232. The summed E-state index contributed by atoms with van der Waals surface area (Å²) < 4.78 is 17.8. The van der Waals surface area contributed by atoms with E-state index in [4.69, 9.17) is 42.3 Å². The number of pyridine rings is 2. The molecule has 9 atom stereocenters. The molecule has 3 aliphatic heterocycles. The Morgan fingerprint density at radius 3 is 2.38 bits per heavy atom.